The Kier molecular flexibility index (Phi) is 3.35. The first-order valence-electron chi connectivity index (χ1n) is 5.37. The van der Waals surface area contributed by atoms with Gasteiger partial charge in [0.15, 0.2) is 0 Å². The van der Waals surface area contributed by atoms with Gasteiger partial charge in [-0.2, -0.15) is 5.10 Å². The Morgan fingerprint density at radius 2 is 2.53 bits per heavy atom. The monoisotopic (exact) mass is 210 g/mol. The normalized spacial score (nSPS) is 24.0. The third-order valence-corrected chi connectivity index (χ3v) is 2.85. The molecule has 0 spiro atoms. The molecule has 1 aliphatic heterocycles. The molecule has 84 valence electrons. The largest absolute Gasteiger partial charge is 0.376 e. The van der Waals surface area contributed by atoms with Crippen LogP contribution in [0.15, 0.2) is 12.4 Å². The Morgan fingerprint density at radius 3 is 3.07 bits per heavy atom. The summed E-state index contributed by atoms with van der Waals surface area (Å²) in [5.74, 6) is 5.58. The minimum atomic E-state index is 0.0546. The van der Waals surface area contributed by atoms with E-state index in [-0.39, 0.29) is 12.1 Å². The van der Waals surface area contributed by atoms with Crippen molar-refractivity contribution in [2.75, 3.05) is 6.61 Å². The zero-order valence-electron chi connectivity index (χ0n) is 9.02. The molecule has 1 aromatic rings. The molecular weight excluding hydrogens is 192 g/mol. The lowest BCUT2D eigenvalue weighted by molar-refractivity contribution is -0.00823. The van der Waals surface area contributed by atoms with Crippen LogP contribution >= 0.6 is 0 Å². The fraction of sp³-hybridized carbons (Fsp3) is 0.700. The quantitative estimate of drug-likeness (QED) is 0.563. The topological polar surface area (TPSA) is 65.1 Å². The van der Waals surface area contributed by atoms with Gasteiger partial charge in [-0.15, -0.1) is 0 Å². The predicted molar refractivity (Wildman–Crippen MR) is 56.9 cm³/mol. The van der Waals surface area contributed by atoms with Gasteiger partial charge in [-0.05, 0) is 19.3 Å². The van der Waals surface area contributed by atoms with Crippen molar-refractivity contribution < 1.29 is 4.74 Å². The molecule has 0 aromatic carbocycles. The van der Waals surface area contributed by atoms with Crippen molar-refractivity contribution in [1.29, 1.82) is 0 Å². The molecule has 1 aliphatic rings. The number of nitrogens with one attached hydrogen (secondary N) is 1. The van der Waals surface area contributed by atoms with Crippen LogP contribution in [-0.4, -0.2) is 22.5 Å². The fourth-order valence-corrected chi connectivity index (χ4v) is 2.05. The van der Waals surface area contributed by atoms with Crippen LogP contribution < -0.4 is 11.3 Å². The number of hydrazine groups is 1. The van der Waals surface area contributed by atoms with E-state index in [1.807, 2.05) is 19.4 Å². The third kappa shape index (κ3) is 2.37. The van der Waals surface area contributed by atoms with Crippen molar-refractivity contribution in [2.45, 2.75) is 31.4 Å². The summed E-state index contributed by atoms with van der Waals surface area (Å²) in [6, 6.07) is 0.0546. The van der Waals surface area contributed by atoms with Gasteiger partial charge >= 0.3 is 0 Å². The molecule has 3 N–H and O–H groups in total. The maximum Gasteiger partial charge on any atom is 0.0783 e. The van der Waals surface area contributed by atoms with Crippen LogP contribution in [0.2, 0.25) is 0 Å². The van der Waals surface area contributed by atoms with Crippen molar-refractivity contribution in [1.82, 2.24) is 15.2 Å². The highest BCUT2D eigenvalue weighted by molar-refractivity contribution is 5.12. The first-order valence-corrected chi connectivity index (χ1v) is 5.37. The fourth-order valence-electron chi connectivity index (χ4n) is 2.05. The second-order valence-electron chi connectivity index (χ2n) is 4.00. The third-order valence-electron chi connectivity index (χ3n) is 2.85. The van der Waals surface area contributed by atoms with Gasteiger partial charge in [0.2, 0.25) is 0 Å². The molecule has 5 heteroatoms. The average Bonchev–Trinajstić information content (AvgIpc) is 2.68. The lowest BCUT2D eigenvalue weighted by atomic mass is 9.98. The molecule has 0 bridgehead atoms. The minimum Gasteiger partial charge on any atom is -0.376 e. The molecule has 1 fully saturated rings. The van der Waals surface area contributed by atoms with E-state index in [4.69, 9.17) is 10.6 Å². The summed E-state index contributed by atoms with van der Waals surface area (Å²) in [4.78, 5) is 0. The molecule has 2 heterocycles. The summed E-state index contributed by atoms with van der Waals surface area (Å²) in [6.07, 6.45) is 7.41. The smallest absolute Gasteiger partial charge is 0.0783 e. The van der Waals surface area contributed by atoms with E-state index in [0.717, 1.165) is 25.0 Å². The van der Waals surface area contributed by atoms with Crippen molar-refractivity contribution in [3.05, 3.63) is 18.0 Å². The maximum atomic E-state index is 5.72. The molecule has 0 amide bonds. The van der Waals surface area contributed by atoms with Gasteiger partial charge in [-0.3, -0.25) is 16.0 Å². The van der Waals surface area contributed by atoms with E-state index >= 15 is 0 Å². The van der Waals surface area contributed by atoms with Gasteiger partial charge in [0, 0.05) is 25.4 Å². The second kappa shape index (κ2) is 4.74. The number of nitrogens with two attached hydrogens (primary N) is 1. The van der Waals surface area contributed by atoms with E-state index in [1.165, 1.54) is 6.42 Å². The molecular formula is C10H18N4O. The van der Waals surface area contributed by atoms with E-state index in [1.54, 1.807) is 4.68 Å². The van der Waals surface area contributed by atoms with E-state index in [0.29, 0.717) is 0 Å². The van der Waals surface area contributed by atoms with Crippen molar-refractivity contribution in [2.24, 2.45) is 12.9 Å². The zero-order chi connectivity index (χ0) is 10.7. The predicted octanol–water partition coefficient (Wildman–Crippen LogP) is 0.494. The summed E-state index contributed by atoms with van der Waals surface area (Å²) in [5.41, 5.74) is 3.91. The molecule has 0 aliphatic carbocycles. The van der Waals surface area contributed by atoms with Crippen LogP contribution in [0.3, 0.4) is 0 Å². The molecule has 0 radical (unpaired) electrons. The molecule has 15 heavy (non-hydrogen) atoms. The molecule has 1 saturated heterocycles. The van der Waals surface area contributed by atoms with Crippen LogP contribution in [-0.2, 0) is 11.8 Å². The van der Waals surface area contributed by atoms with Gasteiger partial charge < -0.3 is 4.74 Å². The van der Waals surface area contributed by atoms with Gasteiger partial charge in [0.1, 0.15) is 0 Å². The second-order valence-corrected chi connectivity index (χ2v) is 4.00. The number of aromatic nitrogens is 2. The molecule has 5 nitrogen and oxygen atoms in total. The van der Waals surface area contributed by atoms with E-state index in [9.17, 15) is 0 Å². The first-order chi connectivity index (χ1) is 7.31. The lowest BCUT2D eigenvalue weighted by Gasteiger charge is -2.29. The number of hydrogen-bond donors (Lipinski definition) is 2. The standard InChI is InChI=1S/C10H18N4O/c1-14-7-8(6-12-14)10(13-11)9-4-2-3-5-15-9/h6-7,9-10,13H,2-5,11H2,1H3. The highest BCUT2D eigenvalue weighted by Gasteiger charge is 2.25. The van der Waals surface area contributed by atoms with Crippen LogP contribution in [0.5, 0.6) is 0 Å². The maximum absolute atomic E-state index is 5.72. The lowest BCUT2D eigenvalue weighted by Crippen LogP contribution is -2.39. The van der Waals surface area contributed by atoms with Gasteiger partial charge in [0.05, 0.1) is 18.3 Å². The molecule has 1 aromatic heterocycles. The highest BCUT2D eigenvalue weighted by Crippen LogP contribution is 2.25. The minimum absolute atomic E-state index is 0.0546. The zero-order valence-corrected chi connectivity index (χ0v) is 9.02. The molecule has 0 saturated carbocycles. The number of rotatable bonds is 3. The highest BCUT2D eigenvalue weighted by atomic mass is 16.5. The van der Waals surface area contributed by atoms with Crippen LogP contribution in [0, 0.1) is 0 Å². The van der Waals surface area contributed by atoms with Gasteiger partial charge in [0.25, 0.3) is 0 Å². The summed E-state index contributed by atoms with van der Waals surface area (Å²) in [6.45, 7) is 0.836. The Labute approximate surface area is 89.6 Å². The number of nitrogens with zero attached hydrogens (tertiary/aromatic N) is 2. The average molecular weight is 210 g/mol. The number of ether oxygens (including phenoxy) is 1. The molecule has 2 unspecified atom stereocenters. The number of hydrogen-bond acceptors (Lipinski definition) is 4. The Balaban J connectivity index is 2.08. The summed E-state index contributed by atoms with van der Waals surface area (Å²) in [7, 11) is 1.90. The van der Waals surface area contributed by atoms with Gasteiger partial charge in [-0.1, -0.05) is 0 Å². The van der Waals surface area contributed by atoms with Crippen molar-refractivity contribution >= 4 is 0 Å². The van der Waals surface area contributed by atoms with E-state index in [2.05, 4.69) is 10.5 Å². The first kappa shape index (κ1) is 10.6. The van der Waals surface area contributed by atoms with Crippen LogP contribution in [0.4, 0.5) is 0 Å². The Bertz CT molecular complexity index is 306. The summed E-state index contributed by atoms with van der Waals surface area (Å²) in [5, 5.41) is 4.15. The van der Waals surface area contributed by atoms with Crippen LogP contribution in [0.1, 0.15) is 30.9 Å². The SMILES string of the molecule is Cn1cc(C(NN)C2CCCCO2)cn1. The van der Waals surface area contributed by atoms with Crippen molar-refractivity contribution in [3.8, 4) is 0 Å². The molecule has 2 atom stereocenters. The summed E-state index contributed by atoms with van der Waals surface area (Å²) < 4.78 is 7.50. The summed E-state index contributed by atoms with van der Waals surface area (Å²) >= 11 is 0. The Morgan fingerprint density at radius 1 is 1.67 bits per heavy atom. The Hall–Kier alpha value is -0.910. The van der Waals surface area contributed by atoms with Crippen molar-refractivity contribution in [3.63, 3.8) is 0 Å². The molecule has 2 rings (SSSR count). The van der Waals surface area contributed by atoms with Gasteiger partial charge in [-0.25, -0.2) is 0 Å². The number of aryl methyl sites for hydroxylation is 1. The van der Waals surface area contributed by atoms with Crippen LogP contribution in [0.25, 0.3) is 0 Å². The van der Waals surface area contributed by atoms with E-state index < -0.39 is 0 Å².